The number of aryl methyl sites for hydroxylation is 1. The molecule has 5 nitrogen and oxygen atoms in total. The first-order chi connectivity index (χ1) is 12.0. The summed E-state index contributed by atoms with van der Waals surface area (Å²) in [5.74, 6) is 0.202. The number of amides is 2. The summed E-state index contributed by atoms with van der Waals surface area (Å²) >= 11 is 0. The minimum absolute atomic E-state index is 0.0270. The molecule has 0 spiro atoms. The molecule has 0 saturated carbocycles. The molecule has 2 heterocycles. The first-order valence-corrected chi connectivity index (χ1v) is 8.41. The molecule has 1 aromatic carbocycles. The first kappa shape index (κ1) is 17.2. The molecule has 1 aliphatic rings. The van der Waals surface area contributed by atoms with Gasteiger partial charge in [-0.2, -0.15) is 0 Å². The highest BCUT2D eigenvalue weighted by Crippen LogP contribution is 2.20. The summed E-state index contributed by atoms with van der Waals surface area (Å²) in [5, 5.41) is 2.88. The fourth-order valence-corrected chi connectivity index (χ4v) is 3.13. The molecule has 2 amide bonds. The van der Waals surface area contributed by atoms with Crippen LogP contribution >= 0.6 is 0 Å². The van der Waals surface area contributed by atoms with Gasteiger partial charge in [0, 0.05) is 25.2 Å². The van der Waals surface area contributed by atoms with Gasteiger partial charge in [-0.05, 0) is 56.0 Å². The summed E-state index contributed by atoms with van der Waals surface area (Å²) in [7, 11) is 0. The van der Waals surface area contributed by atoms with Crippen LogP contribution in [-0.4, -0.2) is 36.3 Å². The van der Waals surface area contributed by atoms with Crippen molar-refractivity contribution in [3.05, 3.63) is 59.3 Å². The lowest BCUT2D eigenvalue weighted by Gasteiger charge is -2.32. The van der Waals surface area contributed by atoms with E-state index in [1.165, 1.54) is 30.5 Å². The number of halogens is 1. The van der Waals surface area contributed by atoms with E-state index in [4.69, 9.17) is 4.42 Å². The lowest BCUT2D eigenvalue weighted by molar-refractivity contribution is 0.0669. The molecule has 0 bridgehead atoms. The highest BCUT2D eigenvalue weighted by Gasteiger charge is 2.26. The van der Waals surface area contributed by atoms with E-state index in [0.29, 0.717) is 36.5 Å². The van der Waals surface area contributed by atoms with Crippen molar-refractivity contribution >= 4 is 11.8 Å². The van der Waals surface area contributed by atoms with Gasteiger partial charge in [0.25, 0.3) is 11.8 Å². The van der Waals surface area contributed by atoms with Gasteiger partial charge in [0.2, 0.25) is 0 Å². The lowest BCUT2D eigenvalue weighted by Crippen LogP contribution is -2.43. The number of nitrogens with one attached hydrogen (secondary N) is 1. The number of piperidine rings is 1. The van der Waals surface area contributed by atoms with Crippen LogP contribution in [0.25, 0.3) is 0 Å². The van der Waals surface area contributed by atoms with Crippen molar-refractivity contribution < 1.29 is 18.4 Å². The molecule has 1 fully saturated rings. The normalized spacial score (nSPS) is 17.4. The lowest BCUT2D eigenvalue weighted by atomic mass is 9.97. The highest BCUT2D eigenvalue weighted by molar-refractivity contribution is 5.95. The molecule has 6 heteroatoms. The highest BCUT2D eigenvalue weighted by atomic mass is 19.1. The number of hydrogen-bond acceptors (Lipinski definition) is 3. The SMILES string of the molecule is Cc1occc1C(=O)N1CCC[C@H](CNC(=O)c2ccc(F)cc2)C1. The number of rotatable bonds is 4. The Morgan fingerprint density at radius 1 is 1.28 bits per heavy atom. The second kappa shape index (κ2) is 7.51. The fraction of sp³-hybridized carbons (Fsp3) is 0.368. The zero-order chi connectivity index (χ0) is 17.8. The molecular formula is C19H21FN2O3. The molecular weight excluding hydrogens is 323 g/mol. The number of likely N-dealkylation sites (tertiary alicyclic amines) is 1. The van der Waals surface area contributed by atoms with Crippen LogP contribution in [0.15, 0.2) is 41.0 Å². The van der Waals surface area contributed by atoms with Crippen molar-refractivity contribution in [1.29, 1.82) is 0 Å². The number of furan rings is 1. The van der Waals surface area contributed by atoms with E-state index in [1.54, 1.807) is 13.0 Å². The number of hydrogen-bond donors (Lipinski definition) is 1. The summed E-state index contributed by atoms with van der Waals surface area (Å²) in [5.41, 5.74) is 1.02. The minimum Gasteiger partial charge on any atom is -0.469 e. The molecule has 1 saturated heterocycles. The Balaban J connectivity index is 1.55. The van der Waals surface area contributed by atoms with Crippen molar-refractivity contribution in [1.82, 2.24) is 10.2 Å². The van der Waals surface area contributed by atoms with E-state index in [0.717, 1.165) is 12.8 Å². The van der Waals surface area contributed by atoms with Crippen LogP contribution in [0.4, 0.5) is 4.39 Å². The van der Waals surface area contributed by atoms with E-state index in [2.05, 4.69) is 5.32 Å². The Morgan fingerprint density at radius 2 is 2.04 bits per heavy atom. The second-order valence-electron chi connectivity index (χ2n) is 6.37. The summed E-state index contributed by atoms with van der Waals surface area (Å²) < 4.78 is 18.1. The average Bonchev–Trinajstić information content (AvgIpc) is 3.06. The third-order valence-electron chi connectivity index (χ3n) is 4.55. The topological polar surface area (TPSA) is 62.6 Å². The van der Waals surface area contributed by atoms with Crippen LogP contribution in [-0.2, 0) is 0 Å². The summed E-state index contributed by atoms with van der Waals surface area (Å²) in [6, 6.07) is 7.15. The quantitative estimate of drug-likeness (QED) is 0.927. The molecule has 3 rings (SSSR count). The maximum absolute atomic E-state index is 12.9. The zero-order valence-electron chi connectivity index (χ0n) is 14.1. The number of nitrogens with zero attached hydrogens (tertiary/aromatic N) is 1. The molecule has 2 aromatic rings. The fourth-order valence-electron chi connectivity index (χ4n) is 3.13. The largest absolute Gasteiger partial charge is 0.469 e. The molecule has 1 atom stereocenters. The van der Waals surface area contributed by atoms with E-state index >= 15 is 0 Å². The van der Waals surface area contributed by atoms with E-state index < -0.39 is 0 Å². The van der Waals surface area contributed by atoms with Gasteiger partial charge in [-0.3, -0.25) is 9.59 Å². The molecule has 1 N–H and O–H groups in total. The van der Waals surface area contributed by atoms with Gasteiger partial charge in [0.1, 0.15) is 11.6 Å². The maximum atomic E-state index is 12.9. The predicted octanol–water partition coefficient (Wildman–Crippen LogP) is 3.01. The first-order valence-electron chi connectivity index (χ1n) is 8.41. The van der Waals surface area contributed by atoms with E-state index in [9.17, 15) is 14.0 Å². The van der Waals surface area contributed by atoms with E-state index in [-0.39, 0.29) is 23.5 Å². The van der Waals surface area contributed by atoms with Crippen molar-refractivity contribution in [2.45, 2.75) is 19.8 Å². The monoisotopic (exact) mass is 344 g/mol. The number of carbonyl (C=O) groups excluding carboxylic acids is 2. The Hall–Kier alpha value is -2.63. The van der Waals surface area contributed by atoms with E-state index in [1.807, 2.05) is 4.90 Å². The Labute approximate surface area is 145 Å². The number of carbonyl (C=O) groups is 2. The van der Waals surface area contributed by atoms with Gasteiger partial charge in [-0.1, -0.05) is 0 Å². The second-order valence-corrected chi connectivity index (χ2v) is 6.37. The van der Waals surface area contributed by atoms with Gasteiger partial charge in [-0.15, -0.1) is 0 Å². The summed E-state index contributed by atoms with van der Waals surface area (Å²) in [6.07, 6.45) is 3.38. The van der Waals surface area contributed by atoms with Gasteiger partial charge >= 0.3 is 0 Å². The van der Waals surface area contributed by atoms with Crippen LogP contribution in [0.2, 0.25) is 0 Å². The Bertz CT molecular complexity index is 754. The molecule has 1 aromatic heterocycles. The van der Waals surface area contributed by atoms with Crippen LogP contribution in [0.5, 0.6) is 0 Å². The van der Waals surface area contributed by atoms with Gasteiger partial charge in [0.05, 0.1) is 11.8 Å². The van der Waals surface area contributed by atoms with Crippen LogP contribution in [0.3, 0.4) is 0 Å². The standard InChI is InChI=1S/C19H21FN2O3/c1-13-17(8-10-25-13)19(24)22-9-2-3-14(12-22)11-21-18(23)15-4-6-16(20)7-5-15/h4-8,10,14H,2-3,9,11-12H2,1H3,(H,21,23)/t14-/m1/s1. The number of benzene rings is 1. The smallest absolute Gasteiger partial charge is 0.257 e. The maximum Gasteiger partial charge on any atom is 0.257 e. The molecule has 1 aliphatic heterocycles. The average molecular weight is 344 g/mol. The molecule has 0 radical (unpaired) electrons. The van der Waals surface area contributed by atoms with Crippen LogP contribution in [0, 0.1) is 18.7 Å². The molecule has 132 valence electrons. The minimum atomic E-state index is -0.368. The van der Waals surface area contributed by atoms with Crippen molar-refractivity contribution in [2.75, 3.05) is 19.6 Å². The third-order valence-corrected chi connectivity index (χ3v) is 4.55. The van der Waals surface area contributed by atoms with Gasteiger partial charge in [0.15, 0.2) is 0 Å². The van der Waals surface area contributed by atoms with Crippen LogP contribution < -0.4 is 5.32 Å². The zero-order valence-corrected chi connectivity index (χ0v) is 14.1. The Kier molecular flexibility index (Phi) is 5.16. The summed E-state index contributed by atoms with van der Waals surface area (Å²) in [4.78, 5) is 26.5. The predicted molar refractivity (Wildman–Crippen MR) is 90.8 cm³/mol. The third kappa shape index (κ3) is 4.07. The van der Waals surface area contributed by atoms with Crippen molar-refractivity contribution in [2.24, 2.45) is 5.92 Å². The van der Waals surface area contributed by atoms with Gasteiger partial charge in [-0.25, -0.2) is 4.39 Å². The summed E-state index contributed by atoms with van der Waals surface area (Å²) in [6.45, 7) is 3.58. The molecule has 0 unspecified atom stereocenters. The van der Waals surface area contributed by atoms with Crippen LogP contribution in [0.1, 0.15) is 39.3 Å². The molecule has 25 heavy (non-hydrogen) atoms. The van der Waals surface area contributed by atoms with Gasteiger partial charge < -0.3 is 14.6 Å². The van der Waals surface area contributed by atoms with Crippen molar-refractivity contribution in [3.63, 3.8) is 0 Å². The van der Waals surface area contributed by atoms with Crippen molar-refractivity contribution in [3.8, 4) is 0 Å². The molecule has 0 aliphatic carbocycles. The Morgan fingerprint density at radius 3 is 2.72 bits per heavy atom.